The molecule has 9 heteroatoms. The summed E-state index contributed by atoms with van der Waals surface area (Å²) in [6.45, 7) is 1.97. The normalized spacial score (nSPS) is 11.5. The molecule has 1 amide bonds. The number of amides is 1. The maximum atomic E-state index is 12.6. The van der Waals surface area contributed by atoms with Gasteiger partial charge in [0.15, 0.2) is 0 Å². The molecule has 0 radical (unpaired) electrons. The van der Waals surface area contributed by atoms with Crippen LogP contribution in [0.1, 0.15) is 15.2 Å². The smallest absolute Gasteiger partial charge is 0.336 e. The Morgan fingerprint density at radius 3 is 2.53 bits per heavy atom. The molecule has 0 aliphatic rings. The molecule has 4 aromatic rings. The second kappa shape index (κ2) is 7.86. The molecule has 0 fully saturated rings. The summed E-state index contributed by atoms with van der Waals surface area (Å²) in [6.07, 6.45) is 0. The number of carbonyl (C=O) groups excluding carboxylic acids is 1. The number of hydrogen-bond acceptors (Lipinski definition) is 6. The Kier molecular flexibility index (Phi) is 5.25. The first kappa shape index (κ1) is 20.0. The molecule has 4 rings (SSSR count). The van der Waals surface area contributed by atoms with Crippen molar-refractivity contribution in [3.8, 4) is 11.1 Å². The van der Waals surface area contributed by atoms with E-state index in [1.807, 2.05) is 37.3 Å². The lowest BCUT2D eigenvalue weighted by Crippen LogP contribution is -2.41. The van der Waals surface area contributed by atoms with E-state index in [1.165, 1.54) is 41.7 Å². The fraction of sp³-hybridized carbons (Fsp3) is 0.0476. The van der Waals surface area contributed by atoms with E-state index in [4.69, 9.17) is 4.42 Å². The Morgan fingerprint density at radius 1 is 1.00 bits per heavy atom. The van der Waals surface area contributed by atoms with E-state index < -0.39 is 21.6 Å². The van der Waals surface area contributed by atoms with E-state index >= 15 is 0 Å². The first-order valence-electron chi connectivity index (χ1n) is 8.84. The summed E-state index contributed by atoms with van der Waals surface area (Å²) in [5, 5.41) is 2.22. The monoisotopic (exact) mass is 440 g/mol. The third-order valence-corrected chi connectivity index (χ3v) is 6.59. The van der Waals surface area contributed by atoms with Crippen LogP contribution in [0.2, 0.25) is 0 Å². The minimum absolute atomic E-state index is 0.0749. The third-order valence-electron chi connectivity index (χ3n) is 4.43. The quantitative estimate of drug-likeness (QED) is 0.365. The van der Waals surface area contributed by atoms with Crippen LogP contribution in [0, 0.1) is 6.92 Å². The topological polar surface area (TPSA) is 105 Å². The van der Waals surface area contributed by atoms with E-state index in [0.717, 1.165) is 16.7 Å². The number of nitrogens with one attached hydrogen (secondary N) is 2. The van der Waals surface area contributed by atoms with Crippen LogP contribution in [0.5, 0.6) is 0 Å². The summed E-state index contributed by atoms with van der Waals surface area (Å²) in [5.41, 5.74) is 4.69. The van der Waals surface area contributed by atoms with E-state index in [1.54, 1.807) is 5.38 Å². The van der Waals surface area contributed by atoms with E-state index in [9.17, 15) is 18.0 Å². The zero-order valence-corrected chi connectivity index (χ0v) is 17.3. The van der Waals surface area contributed by atoms with Gasteiger partial charge in [0.05, 0.1) is 4.90 Å². The van der Waals surface area contributed by atoms with Gasteiger partial charge in [-0.15, -0.1) is 16.2 Å². The maximum absolute atomic E-state index is 12.6. The predicted octanol–water partition coefficient (Wildman–Crippen LogP) is 3.45. The van der Waals surface area contributed by atoms with E-state index in [0.29, 0.717) is 10.3 Å². The molecule has 2 heterocycles. The molecule has 0 unspecified atom stereocenters. The molecule has 0 atom stereocenters. The Hall–Kier alpha value is -3.27. The molecule has 152 valence electrons. The fourth-order valence-corrected chi connectivity index (χ4v) is 4.58. The van der Waals surface area contributed by atoms with Crippen molar-refractivity contribution in [2.45, 2.75) is 11.8 Å². The number of thiophene rings is 1. The molecule has 0 spiro atoms. The van der Waals surface area contributed by atoms with Crippen molar-refractivity contribution >= 4 is 38.2 Å². The molecule has 2 aromatic carbocycles. The number of carbonyl (C=O) groups is 1. The van der Waals surface area contributed by atoms with Crippen molar-refractivity contribution in [3.63, 3.8) is 0 Å². The third kappa shape index (κ3) is 4.04. The number of benzene rings is 2. The number of fused-ring (bicyclic) bond motifs is 1. The zero-order valence-electron chi connectivity index (χ0n) is 15.7. The first-order chi connectivity index (χ1) is 14.3. The average Bonchev–Trinajstić information content (AvgIpc) is 3.22. The molecular weight excluding hydrogens is 424 g/mol. The minimum atomic E-state index is -4.03. The van der Waals surface area contributed by atoms with Gasteiger partial charge in [0, 0.05) is 17.0 Å². The van der Waals surface area contributed by atoms with Crippen molar-refractivity contribution in [1.29, 1.82) is 0 Å². The highest BCUT2D eigenvalue weighted by molar-refractivity contribution is 7.89. The van der Waals surface area contributed by atoms with Gasteiger partial charge in [0.2, 0.25) is 0 Å². The van der Waals surface area contributed by atoms with Crippen LogP contribution in [0.15, 0.2) is 80.2 Å². The van der Waals surface area contributed by atoms with Gasteiger partial charge in [-0.25, -0.2) is 13.2 Å². The van der Waals surface area contributed by atoms with Crippen molar-refractivity contribution in [2.75, 3.05) is 0 Å². The molecule has 0 bridgehead atoms. The van der Waals surface area contributed by atoms with Crippen LogP contribution in [-0.4, -0.2) is 14.3 Å². The lowest BCUT2D eigenvalue weighted by molar-refractivity contribution is 0.0950. The molecule has 2 N–H and O–H groups in total. The first-order valence-corrected chi connectivity index (χ1v) is 11.2. The molecule has 0 aliphatic carbocycles. The summed E-state index contributed by atoms with van der Waals surface area (Å²) >= 11 is 1.22. The van der Waals surface area contributed by atoms with Gasteiger partial charge in [-0.1, -0.05) is 29.8 Å². The Labute approximate surface area is 176 Å². The van der Waals surface area contributed by atoms with Crippen LogP contribution in [0.25, 0.3) is 22.1 Å². The number of rotatable bonds is 5. The average molecular weight is 441 g/mol. The number of hydrogen-bond donors (Lipinski definition) is 2. The second-order valence-electron chi connectivity index (χ2n) is 6.54. The largest absolute Gasteiger partial charge is 0.423 e. The number of aryl methyl sites for hydroxylation is 1. The van der Waals surface area contributed by atoms with Gasteiger partial charge in [-0.2, -0.15) is 0 Å². The van der Waals surface area contributed by atoms with Crippen LogP contribution in [0.4, 0.5) is 0 Å². The molecule has 0 saturated heterocycles. The van der Waals surface area contributed by atoms with Crippen molar-refractivity contribution in [3.05, 3.63) is 86.9 Å². The maximum Gasteiger partial charge on any atom is 0.336 e. The highest BCUT2D eigenvalue weighted by Crippen LogP contribution is 2.28. The van der Waals surface area contributed by atoms with Crippen LogP contribution < -0.4 is 15.9 Å². The van der Waals surface area contributed by atoms with Crippen molar-refractivity contribution < 1.29 is 17.6 Å². The van der Waals surface area contributed by atoms with Gasteiger partial charge < -0.3 is 4.42 Å². The Morgan fingerprint density at radius 2 is 1.77 bits per heavy atom. The zero-order chi connectivity index (χ0) is 21.3. The SMILES string of the molecule is Cc1ccc(-c2ccsc2C(=O)NNS(=O)(=O)c2ccc3oc(=O)ccc3c2)cc1. The van der Waals surface area contributed by atoms with Crippen LogP contribution in [-0.2, 0) is 10.0 Å². The molecular formula is C21H16N2O5S2. The van der Waals surface area contributed by atoms with Crippen LogP contribution in [0.3, 0.4) is 0 Å². The molecule has 7 nitrogen and oxygen atoms in total. The van der Waals surface area contributed by atoms with Crippen molar-refractivity contribution in [1.82, 2.24) is 10.3 Å². The van der Waals surface area contributed by atoms with Gasteiger partial charge in [-0.05, 0) is 48.2 Å². The fourth-order valence-electron chi connectivity index (χ4n) is 2.89. The summed E-state index contributed by atoms with van der Waals surface area (Å²) < 4.78 is 30.2. The Bertz CT molecular complexity index is 1400. The lowest BCUT2D eigenvalue weighted by atomic mass is 10.1. The summed E-state index contributed by atoms with van der Waals surface area (Å²) in [6, 6.07) is 16.2. The number of sulfonamides is 1. The van der Waals surface area contributed by atoms with Gasteiger partial charge >= 0.3 is 5.63 Å². The molecule has 0 saturated carbocycles. The highest BCUT2D eigenvalue weighted by Gasteiger charge is 2.19. The number of hydrazine groups is 1. The lowest BCUT2D eigenvalue weighted by Gasteiger charge is -2.09. The highest BCUT2D eigenvalue weighted by atomic mass is 32.2. The van der Waals surface area contributed by atoms with Crippen LogP contribution >= 0.6 is 11.3 Å². The standard InChI is InChI=1S/C21H16N2O5S2/c1-13-2-4-14(5-3-13)17-10-11-29-20(17)21(25)22-23-30(26,27)16-7-8-18-15(12-16)6-9-19(24)28-18/h2-12,23H,1H3,(H,22,25). The predicted molar refractivity (Wildman–Crippen MR) is 115 cm³/mol. The summed E-state index contributed by atoms with van der Waals surface area (Å²) in [7, 11) is -4.03. The van der Waals surface area contributed by atoms with E-state index in [-0.39, 0.29) is 10.5 Å². The van der Waals surface area contributed by atoms with Gasteiger partial charge in [0.25, 0.3) is 15.9 Å². The summed E-state index contributed by atoms with van der Waals surface area (Å²) in [4.78, 5) is 26.3. The molecule has 2 aromatic heterocycles. The second-order valence-corrected chi connectivity index (χ2v) is 9.14. The van der Waals surface area contributed by atoms with Gasteiger partial charge in [0.1, 0.15) is 10.5 Å². The minimum Gasteiger partial charge on any atom is -0.423 e. The Balaban J connectivity index is 1.54. The van der Waals surface area contributed by atoms with Crippen molar-refractivity contribution in [2.24, 2.45) is 0 Å². The molecule has 30 heavy (non-hydrogen) atoms. The molecule has 0 aliphatic heterocycles. The van der Waals surface area contributed by atoms with E-state index in [2.05, 4.69) is 10.3 Å². The summed E-state index contributed by atoms with van der Waals surface area (Å²) in [5.74, 6) is -0.559. The van der Waals surface area contributed by atoms with Gasteiger partial charge in [-0.3, -0.25) is 10.2 Å².